The van der Waals surface area contributed by atoms with Gasteiger partial charge in [0.25, 0.3) is 0 Å². The minimum atomic E-state index is -1.14. The fourth-order valence-corrected chi connectivity index (χ4v) is 2.00. The Labute approximate surface area is 115 Å². The Bertz CT molecular complexity index is 467. The summed E-state index contributed by atoms with van der Waals surface area (Å²) in [5.41, 5.74) is 5.41. The lowest BCUT2D eigenvalue weighted by atomic mass is 10.1. The van der Waals surface area contributed by atoms with Gasteiger partial charge in [0.05, 0.1) is 12.2 Å². The Morgan fingerprint density at radius 3 is 2.68 bits per heavy atom. The largest absolute Gasteiger partial charge is 0.480 e. The summed E-state index contributed by atoms with van der Waals surface area (Å²) in [6.07, 6.45) is 0. The van der Waals surface area contributed by atoms with E-state index < -0.39 is 12.0 Å². The minimum Gasteiger partial charge on any atom is -0.480 e. The van der Waals surface area contributed by atoms with Gasteiger partial charge in [-0.05, 0) is 20.8 Å². The first kappa shape index (κ1) is 15.4. The number of aliphatic carboxylic acids is 1. The molecular formula is C11H18N4O3S. The van der Waals surface area contributed by atoms with E-state index in [1.54, 1.807) is 5.38 Å². The van der Waals surface area contributed by atoms with Crippen molar-refractivity contribution in [1.82, 2.24) is 10.3 Å². The van der Waals surface area contributed by atoms with Gasteiger partial charge in [-0.2, -0.15) is 0 Å². The predicted octanol–water partition coefficient (Wildman–Crippen LogP) is 0.554. The van der Waals surface area contributed by atoms with Crippen molar-refractivity contribution in [2.75, 3.05) is 11.9 Å². The Morgan fingerprint density at radius 1 is 1.53 bits per heavy atom. The van der Waals surface area contributed by atoms with Gasteiger partial charge < -0.3 is 21.5 Å². The first-order valence-electron chi connectivity index (χ1n) is 5.68. The number of carbonyl (C=O) groups is 2. The molecule has 19 heavy (non-hydrogen) atoms. The number of carbonyl (C=O) groups excluding carboxylic acids is 1. The first-order chi connectivity index (χ1) is 8.69. The summed E-state index contributed by atoms with van der Waals surface area (Å²) in [4.78, 5) is 26.3. The number of carboxylic acids is 1. The summed E-state index contributed by atoms with van der Waals surface area (Å²) in [6.45, 7) is 5.74. The van der Waals surface area contributed by atoms with Gasteiger partial charge in [0.1, 0.15) is 6.04 Å². The Balaban J connectivity index is 2.51. The van der Waals surface area contributed by atoms with Crippen LogP contribution in [0.4, 0.5) is 5.13 Å². The third-order valence-corrected chi connectivity index (χ3v) is 2.84. The van der Waals surface area contributed by atoms with Crippen molar-refractivity contribution in [2.24, 2.45) is 5.73 Å². The van der Waals surface area contributed by atoms with E-state index in [1.165, 1.54) is 11.3 Å². The molecule has 1 unspecified atom stereocenters. The molecule has 0 aromatic carbocycles. The van der Waals surface area contributed by atoms with E-state index >= 15 is 0 Å². The van der Waals surface area contributed by atoms with Gasteiger partial charge in [0.2, 0.25) is 5.91 Å². The number of amides is 1. The SMILES string of the molecule is CC(C)(C)NC(=O)CNc1nc(C(N)C(=O)O)cs1. The average molecular weight is 286 g/mol. The summed E-state index contributed by atoms with van der Waals surface area (Å²) < 4.78 is 0. The Hall–Kier alpha value is -1.67. The van der Waals surface area contributed by atoms with E-state index in [0.717, 1.165) is 0 Å². The summed E-state index contributed by atoms with van der Waals surface area (Å²) in [7, 11) is 0. The third kappa shape index (κ3) is 5.23. The lowest BCUT2D eigenvalue weighted by molar-refractivity contribution is -0.138. The predicted molar refractivity (Wildman–Crippen MR) is 73.1 cm³/mol. The smallest absolute Gasteiger partial charge is 0.326 e. The highest BCUT2D eigenvalue weighted by Gasteiger charge is 2.18. The highest BCUT2D eigenvalue weighted by atomic mass is 32.1. The van der Waals surface area contributed by atoms with Crippen molar-refractivity contribution >= 4 is 28.3 Å². The number of nitrogens with one attached hydrogen (secondary N) is 2. The van der Waals surface area contributed by atoms with Gasteiger partial charge >= 0.3 is 5.97 Å². The molecule has 7 nitrogen and oxygen atoms in total. The average Bonchev–Trinajstić information content (AvgIpc) is 2.71. The molecule has 1 atom stereocenters. The molecular weight excluding hydrogens is 268 g/mol. The van der Waals surface area contributed by atoms with Crippen molar-refractivity contribution in [2.45, 2.75) is 32.4 Å². The van der Waals surface area contributed by atoms with Crippen molar-refractivity contribution in [3.63, 3.8) is 0 Å². The molecule has 0 radical (unpaired) electrons. The van der Waals surface area contributed by atoms with Crippen LogP contribution in [-0.2, 0) is 9.59 Å². The van der Waals surface area contributed by atoms with Crippen LogP contribution in [0.1, 0.15) is 32.5 Å². The highest BCUT2D eigenvalue weighted by molar-refractivity contribution is 7.13. The maximum absolute atomic E-state index is 11.6. The maximum atomic E-state index is 11.6. The molecule has 5 N–H and O–H groups in total. The van der Waals surface area contributed by atoms with Crippen LogP contribution in [0.3, 0.4) is 0 Å². The van der Waals surface area contributed by atoms with Crippen molar-refractivity contribution < 1.29 is 14.7 Å². The zero-order valence-corrected chi connectivity index (χ0v) is 11.9. The van der Waals surface area contributed by atoms with Crippen LogP contribution >= 0.6 is 11.3 Å². The zero-order valence-electron chi connectivity index (χ0n) is 11.1. The van der Waals surface area contributed by atoms with Gasteiger partial charge in [-0.3, -0.25) is 9.59 Å². The first-order valence-corrected chi connectivity index (χ1v) is 6.56. The number of aromatic nitrogens is 1. The van der Waals surface area contributed by atoms with Crippen LogP contribution in [0.25, 0.3) is 0 Å². The van der Waals surface area contributed by atoms with Gasteiger partial charge in [0, 0.05) is 10.9 Å². The van der Waals surface area contributed by atoms with E-state index in [0.29, 0.717) is 5.13 Å². The fourth-order valence-electron chi connectivity index (χ4n) is 1.26. The number of rotatable bonds is 5. The molecule has 1 amide bonds. The van der Waals surface area contributed by atoms with Crippen molar-refractivity contribution in [3.8, 4) is 0 Å². The van der Waals surface area contributed by atoms with E-state index in [2.05, 4.69) is 15.6 Å². The molecule has 0 spiro atoms. The zero-order chi connectivity index (χ0) is 14.6. The van der Waals surface area contributed by atoms with Crippen LogP contribution in [0.15, 0.2) is 5.38 Å². The highest BCUT2D eigenvalue weighted by Crippen LogP contribution is 2.19. The van der Waals surface area contributed by atoms with Gasteiger partial charge in [-0.15, -0.1) is 11.3 Å². The lowest BCUT2D eigenvalue weighted by Gasteiger charge is -2.20. The molecule has 1 aromatic rings. The number of hydrogen-bond acceptors (Lipinski definition) is 6. The number of hydrogen-bond donors (Lipinski definition) is 4. The van der Waals surface area contributed by atoms with E-state index in [-0.39, 0.29) is 23.7 Å². The van der Waals surface area contributed by atoms with Crippen LogP contribution in [0, 0.1) is 0 Å². The monoisotopic (exact) mass is 286 g/mol. The third-order valence-electron chi connectivity index (χ3n) is 2.02. The molecule has 1 heterocycles. The molecule has 0 bridgehead atoms. The normalized spacial score (nSPS) is 12.8. The molecule has 0 aliphatic carbocycles. The quantitative estimate of drug-likeness (QED) is 0.628. The molecule has 0 saturated heterocycles. The number of thiazole rings is 1. The van der Waals surface area contributed by atoms with E-state index in [4.69, 9.17) is 10.8 Å². The summed E-state index contributed by atoms with van der Waals surface area (Å²) in [5, 5.41) is 16.4. The molecule has 8 heteroatoms. The van der Waals surface area contributed by atoms with Crippen LogP contribution < -0.4 is 16.4 Å². The molecule has 0 saturated carbocycles. The molecule has 0 aliphatic rings. The Kier molecular flexibility index (Phi) is 4.84. The number of carboxylic acid groups (broad SMARTS) is 1. The second-order valence-corrected chi connectivity index (χ2v) is 5.90. The maximum Gasteiger partial charge on any atom is 0.326 e. The molecule has 106 valence electrons. The van der Waals surface area contributed by atoms with Crippen molar-refractivity contribution in [1.29, 1.82) is 0 Å². The minimum absolute atomic E-state index is 0.0759. The number of anilines is 1. The van der Waals surface area contributed by atoms with E-state index in [1.807, 2.05) is 20.8 Å². The molecule has 1 rings (SSSR count). The second-order valence-electron chi connectivity index (χ2n) is 5.05. The van der Waals surface area contributed by atoms with Gasteiger partial charge in [-0.1, -0.05) is 0 Å². The topological polar surface area (TPSA) is 117 Å². The lowest BCUT2D eigenvalue weighted by Crippen LogP contribution is -2.43. The standard InChI is InChI=1S/C11H18N4O3S/c1-11(2,3)15-7(16)4-13-10-14-6(5-19-10)8(12)9(17)18/h5,8H,4,12H2,1-3H3,(H,13,14)(H,15,16)(H,17,18). The van der Waals surface area contributed by atoms with Crippen LogP contribution in [0.2, 0.25) is 0 Å². The summed E-state index contributed by atoms with van der Waals surface area (Å²) in [5.74, 6) is -1.30. The number of nitrogens with two attached hydrogens (primary N) is 1. The molecule has 0 aliphatic heterocycles. The fraction of sp³-hybridized carbons (Fsp3) is 0.545. The van der Waals surface area contributed by atoms with Crippen molar-refractivity contribution in [3.05, 3.63) is 11.1 Å². The van der Waals surface area contributed by atoms with Gasteiger partial charge in [-0.25, -0.2) is 4.98 Å². The number of nitrogens with zero attached hydrogens (tertiary/aromatic N) is 1. The van der Waals surface area contributed by atoms with Gasteiger partial charge in [0.15, 0.2) is 5.13 Å². The molecule has 0 fully saturated rings. The van der Waals surface area contributed by atoms with E-state index in [9.17, 15) is 9.59 Å². The van der Waals surface area contributed by atoms with Crippen LogP contribution in [-0.4, -0.2) is 34.1 Å². The Morgan fingerprint density at radius 2 is 2.16 bits per heavy atom. The molecule has 1 aromatic heterocycles. The second kappa shape index (κ2) is 5.98. The summed E-state index contributed by atoms with van der Waals surface area (Å²) in [6, 6.07) is -1.14. The summed E-state index contributed by atoms with van der Waals surface area (Å²) >= 11 is 1.21. The van der Waals surface area contributed by atoms with Crippen LogP contribution in [0.5, 0.6) is 0 Å².